The van der Waals surface area contributed by atoms with Gasteiger partial charge in [0.25, 0.3) is 20.2 Å². The third kappa shape index (κ3) is 3.90. The second-order valence-corrected chi connectivity index (χ2v) is 7.24. The van der Waals surface area contributed by atoms with Crippen LogP contribution in [0, 0.1) is 0 Å². The number of benzene rings is 2. The van der Waals surface area contributed by atoms with Gasteiger partial charge in [0.15, 0.2) is 5.75 Å². The summed E-state index contributed by atoms with van der Waals surface area (Å²) < 4.78 is 69.0. The van der Waals surface area contributed by atoms with Crippen LogP contribution in [0.3, 0.4) is 0 Å². The van der Waals surface area contributed by atoms with Crippen LogP contribution in [0.25, 0.3) is 0 Å². The lowest BCUT2D eigenvalue weighted by atomic mass is 10.3. The average Bonchev–Trinajstić information content (AvgIpc) is 2.38. The van der Waals surface area contributed by atoms with E-state index in [-0.39, 0.29) is 11.4 Å². The topological polar surface area (TPSA) is 170 Å². The molecule has 0 saturated carbocycles. The molecule has 0 aliphatic heterocycles. The Balaban J connectivity index is 2.64. The van der Waals surface area contributed by atoms with Crippen LogP contribution in [0.15, 0.2) is 46.2 Å². The van der Waals surface area contributed by atoms with E-state index < -0.39 is 41.5 Å². The number of anilines is 2. The van der Waals surface area contributed by atoms with Gasteiger partial charge in [0.05, 0.1) is 0 Å². The third-order valence-corrected chi connectivity index (χ3v) is 4.48. The van der Waals surface area contributed by atoms with Gasteiger partial charge in [0, 0.05) is 17.4 Å². The third-order valence-electron chi connectivity index (χ3n) is 2.71. The van der Waals surface area contributed by atoms with E-state index in [1.54, 1.807) is 0 Å². The zero-order valence-corrected chi connectivity index (χ0v) is 13.0. The van der Waals surface area contributed by atoms with E-state index >= 15 is 0 Å². The van der Waals surface area contributed by atoms with Gasteiger partial charge in [0.1, 0.15) is 15.5 Å². The van der Waals surface area contributed by atoms with Crippen LogP contribution in [0.4, 0.5) is 11.4 Å². The van der Waals surface area contributed by atoms with Crippen LogP contribution in [-0.2, 0) is 20.2 Å². The van der Waals surface area contributed by atoms with Crippen LogP contribution < -0.4 is 16.2 Å². The molecule has 0 spiro atoms. The van der Waals surface area contributed by atoms with Gasteiger partial charge < -0.3 is 16.2 Å². The molecule has 23 heavy (non-hydrogen) atoms. The van der Waals surface area contributed by atoms with Gasteiger partial charge in [-0.1, -0.05) is 0 Å². The van der Waals surface area contributed by atoms with Gasteiger partial charge in [-0.3, -0.25) is 9.11 Å². The minimum atomic E-state index is -4.68. The average molecular weight is 360 g/mol. The molecule has 0 amide bonds. The Morgan fingerprint density at radius 1 is 0.739 bits per heavy atom. The van der Waals surface area contributed by atoms with Crippen molar-refractivity contribution in [1.82, 2.24) is 0 Å². The van der Waals surface area contributed by atoms with Crippen molar-refractivity contribution in [2.24, 2.45) is 0 Å². The Kier molecular flexibility index (Phi) is 4.22. The lowest BCUT2D eigenvalue weighted by molar-refractivity contribution is 0.434. The van der Waals surface area contributed by atoms with Gasteiger partial charge in [0.2, 0.25) is 0 Å². The van der Waals surface area contributed by atoms with Gasteiger partial charge in [-0.15, -0.1) is 0 Å². The Bertz CT molecular complexity index is 969. The molecular weight excluding hydrogens is 348 g/mol. The van der Waals surface area contributed by atoms with E-state index in [0.29, 0.717) is 0 Å². The Labute approximate surface area is 132 Å². The lowest BCUT2D eigenvalue weighted by Crippen LogP contribution is -2.05. The van der Waals surface area contributed by atoms with Crippen molar-refractivity contribution in [1.29, 1.82) is 0 Å². The standard InChI is InChI=1S/C12H12N2O7S2/c13-7-2-4-11(22(15,16)17)10(5-7)21-9-3-1-8(14)6-12(9)23(18,19)20/h1-6H,13-14H2,(H,15,16,17)(H,18,19,20). The molecule has 2 aromatic carbocycles. The fraction of sp³-hybridized carbons (Fsp3) is 0. The molecule has 6 N–H and O–H groups in total. The molecule has 0 unspecified atom stereocenters. The number of hydrogen-bond acceptors (Lipinski definition) is 7. The Hall–Kier alpha value is -2.34. The molecule has 0 radical (unpaired) electrons. The van der Waals surface area contributed by atoms with E-state index in [1.807, 2.05) is 0 Å². The summed E-state index contributed by atoms with van der Waals surface area (Å²) in [5.74, 6) is -0.806. The first-order chi connectivity index (χ1) is 10.5. The second kappa shape index (κ2) is 5.70. The van der Waals surface area contributed by atoms with E-state index in [0.717, 1.165) is 24.3 Å². The first kappa shape index (κ1) is 17.0. The molecule has 2 rings (SSSR count). The van der Waals surface area contributed by atoms with Crippen molar-refractivity contribution in [3.05, 3.63) is 36.4 Å². The largest absolute Gasteiger partial charge is 0.454 e. The first-order valence-electron chi connectivity index (χ1n) is 5.90. The highest BCUT2D eigenvalue weighted by atomic mass is 32.2. The molecule has 124 valence electrons. The summed E-state index contributed by atoms with van der Waals surface area (Å²) in [5.41, 5.74) is 11.1. The second-order valence-electron chi connectivity index (χ2n) is 4.46. The van der Waals surface area contributed by atoms with Crippen molar-refractivity contribution in [3.63, 3.8) is 0 Å². The summed E-state index contributed by atoms with van der Waals surface area (Å²) in [6.45, 7) is 0. The van der Waals surface area contributed by atoms with Crippen molar-refractivity contribution < 1.29 is 30.7 Å². The molecule has 0 bridgehead atoms. The summed E-state index contributed by atoms with van der Waals surface area (Å²) in [6.07, 6.45) is 0. The molecule has 9 nitrogen and oxygen atoms in total. The fourth-order valence-electron chi connectivity index (χ4n) is 1.75. The molecule has 0 aliphatic rings. The Morgan fingerprint density at radius 2 is 1.26 bits per heavy atom. The summed E-state index contributed by atoms with van der Waals surface area (Å²) in [4.78, 5) is -1.29. The molecule has 11 heteroatoms. The predicted octanol–water partition coefficient (Wildman–Crippen LogP) is 1.14. The molecule has 0 saturated heterocycles. The number of ether oxygens (including phenoxy) is 1. The van der Waals surface area contributed by atoms with E-state index in [1.165, 1.54) is 12.1 Å². The highest BCUT2D eigenvalue weighted by molar-refractivity contribution is 7.86. The Morgan fingerprint density at radius 3 is 1.83 bits per heavy atom. The first-order valence-corrected chi connectivity index (χ1v) is 8.78. The van der Waals surface area contributed by atoms with E-state index in [9.17, 15) is 25.9 Å². The molecular formula is C12H12N2O7S2. The van der Waals surface area contributed by atoms with Crippen molar-refractivity contribution >= 4 is 31.6 Å². The molecule has 0 atom stereocenters. The normalized spacial score (nSPS) is 12.1. The summed E-state index contributed by atoms with van der Waals surface area (Å²) in [6, 6.07) is 6.61. The molecule has 2 aromatic rings. The quantitative estimate of drug-likeness (QED) is 0.461. The predicted molar refractivity (Wildman–Crippen MR) is 81.4 cm³/mol. The molecule has 0 fully saturated rings. The highest BCUT2D eigenvalue weighted by Gasteiger charge is 2.22. The summed E-state index contributed by atoms with van der Waals surface area (Å²) in [5, 5.41) is 0. The van der Waals surface area contributed by atoms with Crippen LogP contribution in [0.5, 0.6) is 11.5 Å². The zero-order chi connectivity index (χ0) is 17.4. The number of nitrogen functional groups attached to an aromatic ring is 2. The van der Waals surface area contributed by atoms with Gasteiger partial charge in [-0.2, -0.15) is 16.8 Å². The molecule has 0 aliphatic carbocycles. The maximum absolute atomic E-state index is 11.4. The van der Waals surface area contributed by atoms with Crippen LogP contribution in [-0.4, -0.2) is 25.9 Å². The van der Waals surface area contributed by atoms with Crippen LogP contribution in [0.2, 0.25) is 0 Å². The molecule has 0 aromatic heterocycles. The number of hydrogen-bond donors (Lipinski definition) is 4. The van der Waals surface area contributed by atoms with Gasteiger partial charge >= 0.3 is 0 Å². The zero-order valence-electron chi connectivity index (χ0n) is 11.4. The fourth-order valence-corrected chi connectivity index (χ4v) is 2.99. The molecule has 0 heterocycles. The SMILES string of the molecule is Nc1ccc(S(=O)(=O)O)c(Oc2ccc(N)cc2S(=O)(=O)O)c1. The van der Waals surface area contributed by atoms with Crippen molar-refractivity contribution in [2.75, 3.05) is 11.5 Å². The van der Waals surface area contributed by atoms with Gasteiger partial charge in [-0.05, 0) is 30.3 Å². The van der Waals surface area contributed by atoms with Crippen LogP contribution >= 0.6 is 0 Å². The van der Waals surface area contributed by atoms with Crippen molar-refractivity contribution in [3.8, 4) is 11.5 Å². The summed E-state index contributed by atoms with van der Waals surface area (Å²) >= 11 is 0. The number of rotatable bonds is 4. The maximum Gasteiger partial charge on any atom is 0.298 e. The van der Waals surface area contributed by atoms with Crippen molar-refractivity contribution in [2.45, 2.75) is 9.79 Å². The summed E-state index contributed by atoms with van der Waals surface area (Å²) in [7, 11) is -9.33. The van der Waals surface area contributed by atoms with E-state index in [2.05, 4.69) is 0 Å². The minimum absolute atomic E-state index is 0.0348. The van der Waals surface area contributed by atoms with Gasteiger partial charge in [-0.25, -0.2) is 0 Å². The number of nitrogens with two attached hydrogens (primary N) is 2. The smallest absolute Gasteiger partial charge is 0.298 e. The highest BCUT2D eigenvalue weighted by Crippen LogP contribution is 2.34. The van der Waals surface area contributed by atoms with E-state index in [4.69, 9.17) is 16.2 Å². The minimum Gasteiger partial charge on any atom is -0.454 e. The maximum atomic E-state index is 11.4. The monoisotopic (exact) mass is 360 g/mol. The van der Waals surface area contributed by atoms with Crippen LogP contribution in [0.1, 0.15) is 0 Å². The lowest BCUT2D eigenvalue weighted by Gasteiger charge is -2.13.